The largest absolute Gasteiger partial charge is 0.336 e. The summed E-state index contributed by atoms with van der Waals surface area (Å²) in [5.41, 5.74) is 0.824. The number of anilines is 1. The summed E-state index contributed by atoms with van der Waals surface area (Å²) in [5, 5.41) is 8.29. The summed E-state index contributed by atoms with van der Waals surface area (Å²) in [6.07, 6.45) is 3.83. The Kier molecular flexibility index (Phi) is 7.81. The number of nitrogens with one attached hydrogen (secondary N) is 2. The molecule has 7 heteroatoms. The number of hydrogen-bond donors (Lipinski definition) is 2. The van der Waals surface area contributed by atoms with Crippen LogP contribution < -0.4 is 10.6 Å². The lowest BCUT2D eigenvalue weighted by Gasteiger charge is -2.37. The van der Waals surface area contributed by atoms with Gasteiger partial charge in [0.25, 0.3) is 0 Å². The van der Waals surface area contributed by atoms with Crippen molar-refractivity contribution >= 4 is 29.0 Å². The van der Waals surface area contributed by atoms with Crippen LogP contribution >= 0.6 is 11.3 Å². The minimum absolute atomic E-state index is 0.0150. The molecule has 32 heavy (non-hydrogen) atoms. The highest BCUT2D eigenvalue weighted by Gasteiger charge is 2.29. The van der Waals surface area contributed by atoms with E-state index in [2.05, 4.69) is 40.0 Å². The number of para-hydroxylation sites is 1. The van der Waals surface area contributed by atoms with Gasteiger partial charge in [0, 0.05) is 36.1 Å². The van der Waals surface area contributed by atoms with Gasteiger partial charge in [-0.15, -0.1) is 11.3 Å². The quantitative estimate of drug-likeness (QED) is 0.671. The summed E-state index contributed by atoms with van der Waals surface area (Å²) >= 11 is 1.77. The molecule has 0 radical (unpaired) electrons. The molecule has 2 N–H and O–H groups in total. The van der Waals surface area contributed by atoms with Crippen molar-refractivity contribution in [3.05, 3.63) is 52.7 Å². The minimum Gasteiger partial charge on any atom is -0.336 e. The molecule has 1 aromatic carbocycles. The number of piperidine rings is 2. The Bertz CT molecular complexity index is 857. The van der Waals surface area contributed by atoms with Crippen molar-refractivity contribution in [2.45, 2.75) is 38.6 Å². The van der Waals surface area contributed by atoms with E-state index in [0.29, 0.717) is 32.5 Å². The molecule has 0 spiro atoms. The molecule has 2 saturated heterocycles. The van der Waals surface area contributed by atoms with Gasteiger partial charge in [-0.25, -0.2) is 4.79 Å². The second-order valence-corrected chi connectivity index (χ2v) is 10.0. The van der Waals surface area contributed by atoms with E-state index < -0.39 is 0 Å². The number of carbonyl (C=O) groups excluding carboxylic acids is 2. The first-order chi connectivity index (χ1) is 15.6. The van der Waals surface area contributed by atoms with Crippen LogP contribution in [0.1, 0.15) is 43.5 Å². The first-order valence-corrected chi connectivity index (χ1v) is 12.6. The summed E-state index contributed by atoms with van der Waals surface area (Å²) in [5.74, 6) is 0.784. The molecule has 1 atom stereocenters. The van der Waals surface area contributed by atoms with Crippen LogP contribution in [0, 0.1) is 11.8 Å². The minimum atomic E-state index is -0.0477. The molecule has 1 unspecified atom stereocenters. The second kappa shape index (κ2) is 11.0. The summed E-state index contributed by atoms with van der Waals surface area (Å²) in [6, 6.07) is 14.0. The summed E-state index contributed by atoms with van der Waals surface area (Å²) < 4.78 is 0. The first kappa shape index (κ1) is 22.8. The Balaban J connectivity index is 1.26. The Morgan fingerprint density at radius 3 is 2.38 bits per heavy atom. The molecule has 4 rings (SSSR count). The fraction of sp³-hybridized carbons (Fsp3) is 0.520. The monoisotopic (exact) mass is 454 g/mol. The molecule has 0 saturated carbocycles. The highest BCUT2D eigenvalue weighted by molar-refractivity contribution is 7.10. The maximum absolute atomic E-state index is 12.9. The van der Waals surface area contributed by atoms with Crippen molar-refractivity contribution < 1.29 is 9.59 Å². The normalized spacial score (nSPS) is 19.5. The Morgan fingerprint density at radius 2 is 1.72 bits per heavy atom. The van der Waals surface area contributed by atoms with Crippen LogP contribution in [0.3, 0.4) is 0 Å². The van der Waals surface area contributed by atoms with E-state index in [1.807, 2.05) is 35.2 Å². The number of urea groups is 1. The van der Waals surface area contributed by atoms with Gasteiger partial charge in [-0.1, -0.05) is 31.2 Å². The predicted molar refractivity (Wildman–Crippen MR) is 130 cm³/mol. The highest BCUT2D eigenvalue weighted by Crippen LogP contribution is 2.29. The molecule has 2 aromatic rings. The van der Waals surface area contributed by atoms with Crippen LogP contribution in [0.15, 0.2) is 47.8 Å². The maximum atomic E-state index is 12.9. The number of likely N-dealkylation sites (tertiary alicyclic amines) is 2. The van der Waals surface area contributed by atoms with Crippen molar-refractivity contribution in [3.63, 3.8) is 0 Å². The molecule has 0 bridgehead atoms. The van der Waals surface area contributed by atoms with E-state index in [0.717, 1.165) is 24.7 Å². The van der Waals surface area contributed by atoms with Gasteiger partial charge in [-0.05, 0) is 68.3 Å². The lowest BCUT2D eigenvalue weighted by Crippen LogP contribution is -2.48. The van der Waals surface area contributed by atoms with Crippen LogP contribution in [-0.2, 0) is 4.79 Å². The van der Waals surface area contributed by atoms with Crippen LogP contribution in [0.25, 0.3) is 0 Å². The average Bonchev–Trinajstić information content (AvgIpc) is 3.35. The van der Waals surface area contributed by atoms with E-state index in [1.165, 1.54) is 17.7 Å². The van der Waals surface area contributed by atoms with Gasteiger partial charge in [0.15, 0.2) is 0 Å². The van der Waals surface area contributed by atoms with E-state index in [1.54, 1.807) is 11.3 Å². The van der Waals surface area contributed by atoms with Crippen LogP contribution in [-0.4, -0.2) is 54.5 Å². The van der Waals surface area contributed by atoms with Crippen LogP contribution in [0.4, 0.5) is 10.5 Å². The molecule has 2 aliphatic rings. The van der Waals surface area contributed by atoms with Crippen molar-refractivity contribution in [1.29, 1.82) is 0 Å². The molecule has 3 heterocycles. The Hall–Kier alpha value is -2.38. The highest BCUT2D eigenvalue weighted by atomic mass is 32.1. The van der Waals surface area contributed by atoms with Crippen molar-refractivity contribution in [1.82, 2.24) is 15.1 Å². The number of nitrogens with zero attached hydrogens (tertiary/aromatic N) is 2. The molecule has 1 aromatic heterocycles. The van der Waals surface area contributed by atoms with Gasteiger partial charge in [-0.2, -0.15) is 0 Å². The standard InChI is InChI=1S/C25H34N4O2S/c1-19-9-13-28(14-10-19)22(23-8-5-17-32-23)18-26-25(31)29-15-11-20(12-16-29)24(30)27-21-6-3-2-4-7-21/h2-8,17,19-20,22H,9-16,18H2,1H3,(H,26,31)(H,27,30). The third-order valence-electron chi connectivity index (χ3n) is 6.77. The molecule has 2 fully saturated rings. The SMILES string of the molecule is CC1CCN(C(CNC(=O)N2CCC(C(=O)Nc3ccccc3)CC2)c2cccs2)CC1. The molecular formula is C25H34N4O2S. The van der Waals surface area contributed by atoms with Crippen molar-refractivity contribution in [3.8, 4) is 0 Å². The zero-order valence-corrected chi connectivity index (χ0v) is 19.7. The zero-order valence-electron chi connectivity index (χ0n) is 18.8. The summed E-state index contributed by atoms with van der Waals surface area (Å²) in [6.45, 7) is 6.35. The average molecular weight is 455 g/mol. The van der Waals surface area contributed by atoms with Crippen LogP contribution in [0.5, 0.6) is 0 Å². The molecule has 6 nitrogen and oxygen atoms in total. The third-order valence-corrected chi connectivity index (χ3v) is 7.75. The van der Waals surface area contributed by atoms with Crippen molar-refractivity contribution in [2.24, 2.45) is 11.8 Å². The molecule has 0 aliphatic carbocycles. The lowest BCUT2D eigenvalue weighted by molar-refractivity contribution is -0.121. The van der Waals surface area contributed by atoms with Gasteiger partial charge in [-0.3, -0.25) is 9.69 Å². The summed E-state index contributed by atoms with van der Waals surface area (Å²) in [4.78, 5) is 31.1. The third kappa shape index (κ3) is 5.90. The van der Waals surface area contributed by atoms with Gasteiger partial charge in [0.2, 0.25) is 5.91 Å². The Morgan fingerprint density at radius 1 is 1.00 bits per heavy atom. The number of thiophene rings is 1. The number of benzene rings is 1. The molecule has 2 aliphatic heterocycles. The fourth-order valence-corrected chi connectivity index (χ4v) is 5.50. The molecular weight excluding hydrogens is 420 g/mol. The van der Waals surface area contributed by atoms with Gasteiger partial charge >= 0.3 is 6.03 Å². The topological polar surface area (TPSA) is 64.7 Å². The van der Waals surface area contributed by atoms with Crippen LogP contribution in [0.2, 0.25) is 0 Å². The lowest BCUT2D eigenvalue weighted by atomic mass is 9.96. The number of amides is 3. The Labute approximate surface area is 195 Å². The molecule has 172 valence electrons. The zero-order chi connectivity index (χ0) is 22.3. The van der Waals surface area contributed by atoms with Gasteiger partial charge in [0.05, 0.1) is 6.04 Å². The van der Waals surface area contributed by atoms with Crippen molar-refractivity contribution in [2.75, 3.05) is 38.0 Å². The predicted octanol–water partition coefficient (Wildman–Crippen LogP) is 4.58. The number of hydrogen-bond acceptors (Lipinski definition) is 4. The summed E-state index contributed by atoms with van der Waals surface area (Å²) in [7, 11) is 0. The fourth-order valence-electron chi connectivity index (χ4n) is 4.64. The van der Waals surface area contributed by atoms with E-state index >= 15 is 0 Å². The molecule has 3 amide bonds. The van der Waals surface area contributed by atoms with Gasteiger partial charge < -0.3 is 15.5 Å². The second-order valence-electron chi connectivity index (χ2n) is 9.05. The number of rotatable bonds is 6. The maximum Gasteiger partial charge on any atom is 0.317 e. The van der Waals surface area contributed by atoms with Gasteiger partial charge in [0.1, 0.15) is 0 Å². The van der Waals surface area contributed by atoms with E-state index in [4.69, 9.17) is 0 Å². The van der Waals surface area contributed by atoms with E-state index in [-0.39, 0.29) is 23.9 Å². The van der Waals surface area contributed by atoms with E-state index in [9.17, 15) is 9.59 Å². The smallest absolute Gasteiger partial charge is 0.317 e. The first-order valence-electron chi connectivity index (χ1n) is 11.8. The number of carbonyl (C=O) groups is 2.